The number of hydrogen-bond donors (Lipinski definition) is 1. The van der Waals surface area contributed by atoms with Crippen molar-refractivity contribution in [1.82, 2.24) is 14.5 Å². The van der Waals surface area contributed by atoms with Gasteiger partial charge in [-0.1, -0.05) is 48.5 Å². The second kappa shape index (κ2) is 9.10. The first-order valence-corrected chi connectivity index (χ1v) is 11.2. The number of ether oxygens (including phenoxy) is 1. The monoisotopic (exact) mass is 447 g/mol. The van der Waals surface area contributed by atoms with E-state index in [9.17, 15) is 14.7 Å². The lowest BCUT2D eigenvalue weighted by Gasteiger charge is -2.32. The van der Waals surface area contributed by atoms with Gasteiger partial charge in [-0.2, -0.15) is 0 Å². The van der Waals surface area contributed by atoms with Crippen LogP contribution in [-0.2, 0) is 9.53 Å². The van der Waals surface area contributed by atoms with Crippen molar-refractivity contribution in [2.45, 2.75) is 51.7 Å². The minimum atomic E-state index is -1.20. The Balaban J connectivity index is 1.61. The lowest BCUT2D eigenvalue weighted by molar-refractivity contribution is -0.144. The largest absolute Gasteiger partial charge is 0.479 e. The molecule has 1 aliphatic carbocycles. The van der Waals surface area contributed by atoms with E-state index in [0.717, 1.165) is 22.3 Å². The van der Waals surface area contributed by atoms with E-state index < -0.39 is 24.1 Å². The van der Waals surface area contributed by atoms with Gasteiger partial charge in [-0.05, 0) is 49.9 Å². The van der Waals surface area contributed by atoms with Crippen molar-refractivity contribution in [1.29, 1.82) is 0 Å². The maximum Gasteiger partial charge on any atom is 0.411 e. The van der Waals surface area contributed by atoms with E-state index in [1.807, 2.05) is 38.1 Å². The average molecular weight is 448 g/mol. The van der Waals surface area contributed by atoms with Crippen molar-refractivity contribution in [3.05, 3.63) is 77.9 Å². The van der Waals surface area contributed by atoms with E-state index in [0.29, 0.717) is 5.69 Å². The van der Waals surface area contributed by atoms with Crippen LogP contribution in [0.5, 0.6) is 0 Å². The van der Waals surface area contributed by atoms with Gasteiger partial charge in [0.25, 0.3) is 0 Å². The first-order valence-electron chi connectivity index (χ1n) is 11.2. The number of carboxylic acids is 1. The molecule has 1 aromatic heterocycles. The molecule has 172 valence electrons. The number of imidazole rings is 1. The minimum absolute atomic E-state index is 0.000810. The number of hydrogen-bond acceptors (Lipinski definition) is 4. The molecule has 0 saturated heterocycles. The first kappa shape index (κ1) is 22.6. The summed E-state index contributed by atoms with van der Waals surface area (Å²) < 4.78 is 7.56. The minimum Gasteiger partial charge on any atom is -0.479 e. The molecule has 0 radical (unpaired) electrons. The van der Waals surface area contributed by atoms with Crippen LogP contribution in [0.4, 0.5) is 4.79 Å². The Morgan fingerprint density at radius 3 is 2.12 bits per heavy atom. The van der Waals surface area contributed by atoms with Crippen LogP contribution < -0.4 is 0 Å². The molecule has 1 amide bonds. The molecule has 7 heteroatoms. The normalized spacial score (nSPS) is 13.6. The van der Waals surface area contributed by atoms with E-state index in [1.165, 1.54) is 11.1 Å². The van der Waals surface area contributed by atoms with E-state index in [1.54, 1.807) is 24.7 Å². The number of fused-ring (bicyclic) bond motifs is 3. The summed E-state index contributed by atoms with van der Waals surface area (Å²) in [5.74, 6) is -1.22. The average Bonchev–Trinajstić information content (AvgIpc) is 3.38. The summed E-state index contributed by atoms with van der Waals surface area (Å²) in [6.45, 7) is 7.58. The molecule has 1 atom stereocenters. The molecule has 1 N–H and O–H groups in total. The standard InChI is InChI=1S/C26H29N3O4/c1-16(2)28-15-27-13-23(28)24(25(30)31)29(17(3)4)26(32)33-14-22-20-11-7-5-9-18(20)19-10-6-8-12-21(19)22/h5-13,15-17,22,24H,14H2,1-4H3,(H,30,31). The molecule has 33 heavy (non-hydrogen) atoms. The molecule has 1 aliphatic rings. The zero-order valence-electron chi connectivity index (χ0n) is 19.3. The topological polar surface area (TPSA) is 84.7 Å². The summed E-state index contributed by atoms with van der Waals surface area (Å²) in [7, 11) is 0. The summed E-state index contributed by atoms with van der Waals surface area (Å²) in [5, 5.41) is 10.1. The lowest BCUT2D eigenvalue weighted by Crippen LogP contribution is -2.44. The van der Waals surface area contributed by atoms with Crippen molar-refractivity contribution in [3.63, 3.8) is 0 Å². The van der Waals surface area contributed by atoms with Crippen LogP contribution in [0.15, 0.2) is 61.1 Å². The van der Waals surface area contributed by atoms with Crippen LogP contribution in [0.1, 0.15) is 62.5 Å². The smallest absolute Gasteiger partial charge is 0.411 e. The highest BCUT2D eigenvalue weighted by Crippen LogP contribution is 2.44. The van der Waals surface area contributed by atoms with Crippen molar-refractivity contribution in [2.24, 2.45) is 0 Å². The highest BCUT2D eigenvalue weighted by Gasteiger charge is 2.38. The van der Waals surface area contributed by atoms with Gasteiger partial charge >= 0.3 is 12.1 Å². The number of rotatable bonds is 7. The van der Waals surface area contributed by atoms with Crippen LogP contribution in [0.2, 0.25) is 0 Å². The molecule has 1 heterocycles. The summed E-state index contributed by atoms with van der Waals surface area (Å²) in [5.41, 5.74) is 4.93. The number of aromatic nitrogens is 2. The predicted molar refractivity (Wildman–Crippen MR) is 125 cm³/mol. The van der Waals surface area contributed by atoms with Gasteiger partial charge in [0.2, 0.25) is 0 Å². The molecule has 2 aromatic carbocycles. The number of carboxylic acid groups (broad SMARTS) is 1. The van der Waals surface area contributed by atoms with Crippen LogP contribution in [0.25, 0.3) is 11.1 Å². The van der Waals surface area contributed by atoms with Crippen LogP contribution in [-0.4, -0.2) is 44.3 Å². The first-order chi connectivity index (χ1) is 15.8. The van der Waals surface area contributed by atoms with Gasteiger partial charge < -0.3 is 14.4 Å². The van der Waals surface area contributed by atoms with Crippen LogP contribution in [0.3, 0.4) is 0 Å². The molecule has 0 saturated carbocycles. The SMILES string of the molecule is CC(C)N(C(=O)OCC1c2ccccc2-c2ccccc21)C(C(=O)O)c1cncn1C(C)C. The molecule has 0 aliphatic heterocycles. The van der Waals surface area contributed by atoms with Gasteiger partial charge in [-0.15, -0.1) is 0 Å². The molecule has 0 spiro atoms. The van der Waals surface area contributed by atoms with E-state index in [-0.39, 0.29) is 18.6 Å². The Kier molecular flexibility index (Phi) is 6.22. The highest BCUT2D eigenvalue weighted by atomic mass is 16.6. The van der Waals surface area contributed by atoms with Crippen LogP contribution in [0, 0.1) is 0 Å². The van der Waals surface area contributed by atoms with Crippen molar-refractivity contribution in [2.75, 3.05) is 6.61 Å². The number of nitrogens with zero attached hydrogens (tertiary/aromatic N) is 3. The summed E-state index contributed by atoms with van der Waals surface area (Å²) in [6, 6.07) is 14.6. The van der Waals surface area contributed by atoms with Gasteiger partial charge in [0.1, 0.15) is 6.61 Å². The van der Waals surface area contributed by atoms with Gasteiger partial charge in [-0.25, -0.2) is 14.6 Å². The molecular weight excluding hydrogens is 418 g/mol. The van der Waals surface area contributed by atoms with Gasteiger partial charge in [0.05, 0.1) is 18.2 Å². The fourth-order valence-corrected chi connectivity index (χ4v) is 4.63. The molecule has 7 nitrogen and oxygen atoms in total. The molecule has 0 fully saturated rings. The highest BCUT2D eigenvalue weighted by molar-refractivity contribution is 5.82. The maximum atomic E-state index is 13.3. The third-order valence-corrected chi connectivity index (χ3v) is 6.15. The summed E-state index contributed by atoms with van der Waals surface area (Å²) in [4.78, 5) is 31.0. The van der Waals surface area contributed by atoms with Crippen molar-refractivity contribution in [3.8, 4) is 11.1 Å². The Morgan fingerprint density at radius 2 is 1.61 bits per heavy atom. The Hall–Kier alpha value is -3.61. The van der Waals surface area contributed by atoms with E-state index in [4.69, 9.17) is 4.74 Å². The van der Waals surface area contributed by atoms with Crippen molar-refractivity contribution >= 4 is 12.1 Å². The second-order valence-electron chi connectivity index (χ2n) is 8.87. The second-order valence-corrected chi connectivity index (χ2v) is 8.87. The molecule has 4 rings (SSSR count). The molecule has 1 unspecified atom stereocenters. The third-order valence-electron chi connectivity index (χ3n) is 6.15. The van der Waals surface area contributed by atoms with E-state index in [2.05, 4.69) is 29.2 Å². The number of aliphatic carboxylic acids is 1. The fraction of sp³-hybridized carbons (Fsp3) is 0.346. The van der Waals surface area contributed by atoms with Crippen LogP contribution >= 0.6 is 0 Å². The summed E-state index contributed by atoms with van der Waals surface area (Å²) >= 11 is 0. The number of benzene rings is 2. The lowest BCUT2D eigenvalue weighted by atomic mass is 9.98. The van der Waals surface area contributed by atoms with Gasteiger partial charge in [0, 0.05) is 18.0 Å². The molecule has 0 bridgehead atoms. The Labute approximate surface area is 193 Å². The maximum absolute atomic E-state index is 13.3. The number of amides is 1. The molecular formula is C26H29N3O4. The Bertz CT molecular complexity index is 1120. The fourth-order valence-electron chi connectivity index (χ4n) is 4.63. The van der Waals surface area contributed by atoms with Gasteiger partial charge in [-0.3, -0.25) is 4.90 Å². The quantitative estimate of drug-likeness (QED) is 0.535. The van der Waals surface area contributed by atoms with E-state index >= 15 is 0 Å². The summed E-state index contributed by atoms with van der Waals surface area (Å²) in [6.07, 6.45) is 2.44. The number of carbonyl (C=O) groups is 2. The number of carbonyl (C=O) groups excluding carboxylic acids is 1. The third kappa shape index (κ3) is 4.11. The zero-order chi connectivity index (χ0) is 23.7. The van der Waals surface area contributed by atoms with Crippen molar-refractivity contribution < 1.29 is 19.4 Å². The molecule has 3 aromatic rings. The predicted octanol–water partition coefficient (Wildman–Crippen LogP) is 5.25. The zero-order valence-corrected chi connectivity index (χ0v) is 19.3. The van der Waals surface area contributed by atoms with Gasteiger partial charge in [0.15, 0.2) is 6.04 Å². The Morgan fingerprint density at radius 1 is 1.03 bits per heavy atom.